The van der Waals surface area contributed by atoms with Gasteiger partial charge in [0.1, 0.15) is 5.69 Å². The monoisotopic (exact) mass is 323 g/mol. The van der Waals surface area contributed by atoms with Crippen LogP contribution in [-0.4, -0.2) is 23.5 Å². The first-order valence-electron chi connectivity index (χ1n) is 8.78. The van der Waals surface area contributed by atoms with Gasteiger partial charge in [0, 0.05) is 30.2 Å². The minimum atomic E-state index is -0.161. The molecule has 4 heteroatoms. The van der Waals surface area contributed by atoms with E-state index in [1.807, 2.05) is 43.3 Å². The Kier molecular flexibility index (Phi) is 5.14. The van der Waals surface area contributed by atoms with E-state index in [1.54, 1.807) is 6.20 Å². The molecular formula is C20H25N3O. The maximum Gasteiger partial charge on any atom is 0.274 e. The maximum absolute atomic E-state index is 12.5. The molecule has 2 aromatic rings. The van der Waals surface area contributed by atoms with Crippen molar-refractivity contribution in [1.82, 2.24) is 4.98 Å². The molecule has 1 aromatic carbocycles. The second-order valence-corrected chi connectivity index (χ2v) is 6.47. The molecule has 0 bridgehead atoms. The molecule has 1 saturated heterocycles. The first-order chi connectivity index (χ1) is 11.7. The fourth-order valence-electron chi connectivity index (χ4n) is 3.32. The van der Waals surface area contributed by atoms with Crippen molar-refractivity contribution in [2.75, 3.05) is 16.8 Å². The van der Waals surface area contributed by atoms with Gasteiger partial charge < -0.3 is 10.2 Å². The Labute approximate surface area is 143 Å². The number of aryl methyl sites for hydroxylation is 1. The highest BCUT2D eigenvalue weighted by atomic mass is 16.1. The van der Waals surface area contributed by atoms with E-state index in [1.165, 1.54) is 24.8 Å². The Bertz CT molecular complexity index is 696. The van der Waals surface area contributed by atoms with Gasteiger partial charge in [0.15, 0.2) is 0 Å². The Morgan fingerprint density at radius 1 is 1.25 bits per heavy atom. The van der Waals surface area contributed by atoms with Crippen LogP contribution in [0.15, 0.2) is 42.6 Å². The third-order valence-electron chi connectivity index (χ3n) is 4.72. The van der Waals surface area contributed by atoms with E-state index in [0.29, 0.717) is 11.7 Å². The Balaban J connectivity index is 1.76. The Hall–Kier alpha value is -2.36. The number of nitrogens with one attached hydrogen (secondary N) is 1. The van der Waals surface area contributed by atoms with Crippen molar-refractivity contribution in [2.24, 2.45) is 0 Å². The van der Waals surface area contributed by atoms with Gasteiger partial charge in [0.05, 0.1) is 0 Å². The van der Waals surface area contributed by atoms with Gasteiger partial charge in [-0.1, -0.05) is 24.6 Å². The van der Waals surface area contributed by atoms with Gasteiger partial charge in [0.2, 0.25) is 0 Å². The van der Waals surface area contributed by atoms with Crippen molar-refractivity contribution < 1.29 is 4.79 Å². The zero-order valence-electron chi connectivity index (χ0n) is 14.5. The summed E-state index contributed by atoms with van der Waals surface area (Å²) >= 11 is 0. The van der Waals surface area contributed by atoms with E-state index in [4.69, 9.17) is 0 Å². The molecule has 126 valence electrons. The summed E-state index contributed by atoms with van der Waals surface area (Å²) in [6, 6.07) is 12.3. The number of hydrogen-bond acceptors (Lipinski definition) is 3. The predicted molar refractivity (Wildman–Crippen MR) is 98.6 cm³/mol. The van der Waals surface area contributed by atoms with Crippen LogP contribution in [0.5, 0.6) is 0 Å². The second kappa shape index (κ2) is 7.47. The summed E-state index contributed by atoms with van der Waals surface area (Å²) in [5.74, 6) is -0.161. The molecule has 24 heavy (non-hydrogen) atoms. The van der Waals surface area contributed by atoms with Crippen molar-refractivity contribution in [3.63, 3.8) is 0 Å². The van der Waals surface area contributed by atoms with Gasteiger partial charge >= 0.3 is 0 Å². The second-order valence-electron chi connectivity index (χ2n) is 6.47. The zero-order chi connectivity index (χ0) is 16.9. The molecule has 1 amide bonds. The molecular weight excluding hydrogens is 298 g/mol. The van der Waals surface area contributed by atoms with Crippen LogP contribution in [0.3, 0.4) is 0 Å². The number of nitrogens with zero attached hydrogens (tertiary/aromatic N) is 2. The fraction of sp³-hybridized carbons (Fsp3) is 0.400. The quantitative estimate of drug-likeness (QED) is 0.906. The molecule has 2 heterocycles. The maximum atomic E-state index is 12.5. The SMILES string of the molecule is CCC1CCCCN1c1ccnc(C(=O)Nc2ccc(C)cc2)c1. The molecule has 4 nitrogen and oxygen atoms in total. The van der Waals surface area contributed by atoms with E-state index in [9.17, 15) is 4.79 Å². The molecule has 1 fully saturated rings. The average Bonchev–Trinajstić information content (AvgIpc) is 2.63. The lowest BCUT2D eigenvalue weighted by molar-refractivity contribution is 0.102. The fourth-order valence-corrected chi connectivity index (χ4v) is 3.32. The third kappa shape index (κ3) is 3.75. The molecule has 3 rings (SSSR count). The number of piperidine rings is 1. The van der Waals surface area contributed by atoms with Gasteiger partial charge in [-0.05, 0) is 56.9 Å². The van der Waals surface area contributed by atoms with Crippen LogP contribution in [0.1, 0.15) is 48.7 Å². The van der Waals surface area contributed by atoms with Gasteiger partial charge in [-0.25, -0.2) is 0 Å². The van der Waals surface area contributed by atoms with Crippen LogP contribution < -0.4 is 10.2 Å². The average molecular weight is 323 g/mol. The van der Waals surface area contributed by atoms with E-state index in [0.717, 1.165) is 24.3 Å². The number of pyridine rings is 1. The van der Waals surface area contributed by atoms with Crippen LogP contribution in [0.4, 0.5) is 11.4 Å². The molecule has 1 aliphatic heterocycles. The first kappa shape index (κ1) is 16.5. The molecule has 1 unspecified atom stereocenters. The van der Waals surface area contributed by atoms with E-state index < -0.39 is 0 Å². The molecule has 0 aliphatic carbocycles. The highest BCUT2D eigenvalue weighted by molar-refractivity contribution is 6.03. The van der Waals surface area contributed by atoms with Crippen molar-refractivity contribution in [2.45, 2.75) is 45.6 Å². The summed E-state index contributed by atoms with van der Waals surface area (Å²) in [7, 11) is 0. The van der Waals surface area contributed by atoms with E-state index in [-0.39, 0.29) is 5.91 Å². The largest absolute Gasteiger partial charge is 0.368 e. The molecule has 0 radical (unpaired) electrons. The molecule has 1 aliphatic rings. The number of aromatic nitrogens is 1. The first-order valence-corrected chi connectivity index (χ1v) is 8.78. The number of carbonyl (C=O) groups is 1. The van der Waals surface area contributed by atoms with E-state index in [2.05, 4.69) is 22.1 Å². The van der Waals surface area contributed by atoms with Crippen LogP contribution in [0.2, 0.25) is 0 Å². The summed E-state index contributed by atoms with van der Waals surface area (Å²) < 4.78 is 0. The van der Waals surface area contributed by atoms with Crippen LogP contribution in [0, 0.1) is 6.92 Å². The lowest BCUT2D eigenvalue weighted by Gasteiger charge is -2.37. The summed E-state index contributed by atoms with van der Waals surface area (Å²) in [6.45, 7) is 5.32. The van der Waals surface area contributed by atoms with Gasteiger partial charge in [-0.3, -0.25) is 9.78 Å². The van der Waals surface area contributed by atoms with E-state index >= 15 is 0 Å². The number of rotatable bonds is 4. The topological polar surface area (TPSA) is 45.2 Å². The molecule has 1 aromatic heterocycles. The van der Waals surface area contributed by atoms with Gasteiger partial charge in [0.25, 0.3) is 5.91 Å². The standard InChI is InChI=1S/C20H25N3O/c1-3-17-6-4-5-13-23(17)18-11-12-21-19(14-18)20(24)22-16-9-7-15(2)8-10-16/h7-12,14,17H,3-6,13H2,1-2H3,(H,22,24). The zero-order valence-corrected chi connectivity index (χ0v) is 14.5. The molecule has 0 saturated carbocycles. The lowest BCUT2D eigenvalue weighted by Crippen LogP contribution is -2.39. The highest BCUT2D eigenvalue weighted by Crippen LogP contribution is 2.26. The Morgan fingerprint density at radius 2 is 2.04 bits per heavy atom. The Morgan fingerprint density at radius 3 is 2.79 bits per heavy atom. The molecule has 1 atom stereocenters. The number of anilines is 2. The summed E-state index contributed by atoms with van der Waals surface area (Å²) in [5.41, 5.74) is 3.53. The van der Waals surface area contributed by atoms with Crippen molar-refractivity contribution in [3.8, 4) is 0 Å². The predicted octanol–water partition coefficient (Wildman–Crippen LogP) is 4.41. The molecule has 1 N–H and O–H groups in total. The minimum absolute atomic E-state index is 0.161. The smallest absolute Gasteiger partial charge is 0.274 e. The van der Waals surface area contributed by atoms with Crippen molar-refractivity contribution in [3.05, 3.63) is 53.9 Å². The highest BCUT2D eigenvalue weighted by Gasteiger charge is 2.22. The third-order valence-corrected chi connectivity index (χ3v) is 4.72. The number of benzene rings is 1. The van der Waals surface area contributed by atoms with Gasteiger partial charge in [-0.2, -0.15) is 0 Å². The summed E-state index contributed by atoms with van der Waals surface area (Å²) in [4.78, 5) is 19.2. The van der Waals surface area contributed by atoms with Crippen LogP contribution in [0.25, 0.3) is 0 Å². The van der Waals surface area contributed by atoms with Crippen LogP contribution in [-0.2, 0) is 0 Å². The van der Waals surface area contributed by atoms with Crippen LogP contribution >= 0.6 is 0 Å². The van der Waals surface area contributed by atoms with Crippen molar-refractivity contribution in [1.29, 1.82) is 0 Å². The summed E-state index contributed by atoms with van der Waals surface area (Å²) in [5, 5.41) is 2.92. The van der Waals surface area contributed by atoms with Crippen molar-refractivity contribution >= 4 is 17.3 Å². The minimum Gasteiger partial charge on any atom is -0.368 e. The summed E-state index contributed by atoms with van der Waals surface area (Å²) in [6.07, 6.45) is 6.60. The number of carbonyl (C=O) groups excluding carboxylic acids is 1. The lowest BCUT2D eigenvalue weighted by atomic mass is 9.99. The number of amides is 1. The van der Waals surface area contributed by atoms with Gasteiger partial charge in [-0.15, -0.1) is 0 Å². The molecule has 0 spiro atoms. The number of hydrogen-bond donors (Lipinski definition) is 1. The normalized spacial score (nSPS) is 17.6.